The van der Waals surface area contributed by atoms with Gasteiger partial charge in [0, 0.05) is 32.4 Å². The van der Waals surface area contributed by atoms with Gasteiger partial charge in [-0.1, -0.05) is 6.07 Å². The fraction of sp³-hybridized carbons (Fsp3) is 0.381. The van der Waals surface area contributed by atoms with Crippen molar-refractivity contribution in [2.24, 2.45) is 0 Å². The first-order valence-corrected chi connectivity index (χ1v) is 11.5. The molecule has 2 aromatic rings. The monoisotopic (exact) mass is 489 g/mol. The summed E-state index contributed by atoms with van der Waals surface area (Å²) in [6.07, 6.45) is -1.56. The molecule has 0 radical (unpaired) electrons. The first-order valence-electron chi connectivity index (χ1n) is 10.1. The maximum Gasteiger partial charge on any atom is 0.417 e. The lowest BCUT2D eigenvalue weighted by atomic mass is 9.97. The lowest BCUT2D eigenvalue weighted by Gasteiger charge is -2.35. The molecule has 2 aliphatic rings. The van der Waals surface area contributed by atoms with Crippen molar-refractivity contribution in [1.29, 1.82) is 0 Å². The zero-order valence-electron chi connectivity index (χ0n) is 17.2. The summed E-state index contributed by atoms with van der Waals surface area (Å²) in [6, 6.07) is 6.63. The molecule has 6 nitrogen and oxygen atoms in total. The van der Waals surface area contributed by atoms with Crippen molar-refractivity contribution >= 4 is 21.9 Å². The molecule has 4 rings (SSSR count). The molecule has 1 aromatic heterocycles. The molecular weight excluding hydrogens is 469 g/mol. The molecule has 0 saturated carbocycles. The van der Waals surface area contributed by atoms with Crippen LogP contribution in [0.5, 0.6) is 5.75 Å². The number of nitrogens with zero attached hydrogens (tertiary/aromatic N) is 3. The molecule has 1 fully saturated rings. The molecule has 0 spiro atoms. The molecule has 1 aromatic carbocycles. The topological polar surface area (TPSA) is 62.7 Å². The van der Waals surface area contributed by atoms with E-state index in [-0.39, 0.29) is 43.3 Å². The number of rotatable bonds is 5. The molecule has 1 aliphatic carbocycles. The van der Waals surface area contributed by atoms with Crippen LogP contribution in [0.4, 0.5) is 27.8 Å². The Morgan fingerprint density at radius 2 is 1.73 bits per heavy atom. The van der Waals surface area contributed by atoms with Crippen LogP contribution < -0.4 is 9.64 Å². The van der Waals surface area contributed by atoms with E-state index in [9.17, 15) is 30.4 Å². The molecule has 12 heteroatoms. The van der Waals surface area contributed by atoms with Gasteiger partial charge in [-0.15, -0.1) is 0 Å². The number of fused-ring (bicyclic) bond motifs is 1. The number of aromatic nitrogens is 1. The van der Waals surface area contributed by atoms with Crippen LogP contribution in [0, 0.1) is 0 Å². The summed E-state index contributed by atoms with van der Waals surface area (Å²) < 4.78 is 95.0. The van der Waals surface area contributed by atoms with Crippen LogP contribution in [0.25, 0.3) is 6.08 Å². The average Bonchev–Trinajstić information content (AvgIpc) is 2.78. The fourth-order valence-electron chi connectivity index (χ4n) is 3.89. The van der Waals surface area contributed by atoms with E-state index in [0.29, 0.717) is 17.8 Å². The highest BCUT2D eigenvalue weighted by Gasteiger charge is 2.33. The molecule has 33 heavy (non-hydrogen) atoms. The van der Waals surface area contributed by atoms with Crippen molar-refractivity contribution in [2.45, 2.75) is 25.6 Å². The van der Waals surface area contributed by atoms with Crippen LogP contribution in [0.2, 0.25) is 0 Å². The highest BCUT2D eigenvalue weighted by atomic mass is 32.2. The molecule has 0 bridgehead atoms. The second-order valence-electron chi connectivity index (χ2n) is 7.64. The second kappa shape index (κ2) is 8.90. The molecular formula is C21H20F5N3O3S. The van der Waals surface area contributed by atoms with E-state index in [2.05, 4.69) is 9.72 Å². The lowest BCUT2D eigenvalue weighted by Crippen LogP contribution is -2.49. The van der Waals surface area contributed by atoms with Crippen LogP contribution in [-0.4, -0.2) is 50.5 Å². The van der Waals surface area contributed by atoms with E-state index in [4.69, 9.17) is 0 Å². The Labute approximate surface area is 187 Å². The number of alkyl halides is 5. The van der Waals surface area contributed by atoms with Crippen LogP contribution in [0.3, 0.4) is 0 Å². The van der Waals surface area contributed by atoms with Crippen molar-refractivity contribution in [3.8, 4) is 5.75 Å². The van der Waals surface area contributed by atoms with E-state index >= 15 is 0 Å². The van der Waals surface area contributed by atoms with Gasteiger partial charge >= 0.3 is 12.8 Å². The zero-order valence-corrected chi connectivity index (χ0v) is 18.0. The fourth-order valence-corrected chi connectivity index (χ4v) is 5.50. The predicted octanol–water partition coefficient (Wildman–Crippen LogP) is 4.14. The molecule has 0 unspecified atom stereocenters. The normalized spacial score (nSPS) is 17.6. The summed E-state index contributed by atoms with van der Waals surface area (Å²) in [6.45, 7) is -2.03. The van der Waals surface area contributed by atoms with Gasteiger partial charge in [-0.25, -0.2) is 13.4 Å². The molecule has 178 valence electrons. The molecule has 2 heterocycles. The van der Waals surface area contributed by atoms with E-state index in [1.54, 1.807) is 17.0 Å². The Balaban J connectivity index is 1.43. The van der Waals surface area contributed by atoms with Gasteiger partial charge in [-0.2, -0.15) is 26.3 Å². The summed E-state index contributed by atoms with van der Waals surface area (Å²) >= 11 is 0. The van der Waals surface area contributed by atoms with Gasteiger partial charge in [0.1, 0.15) is 11.6 Å². The summed E-state index contributed by atoms with van der Waals surface area (Å²) in [7, 11) is -3.74. The van der Waals surface area contributed by atoms with Gasteiger partial charge in [0.25, 0.3) is 0 Å². The van der Waals surface area contributed by atoms with Crippen molar-refractivity contribution in [3.05, 3.63) is 58.1 Å². The Kier molecular flexibility index (Phi) is 6.32. The third kappa shape index (κ3) is 5.11. The minimum absolute atomic E-state index is 0.0245. The van der Waals surface area contributed by atoms with Gasteiger partial charge in [-0.05, 0) is 54.3 Å². The summed E-state index contributed by atoms with van der Waals surface area (Å²) in [4.78, 5) is 5.84. The van der Waals surface area contributed by atoms with Crippen molar-refractivity contribution in [2.75, 3.05) is 31.1 Å². The largest absolute Gasteiger partial charge is 0.435 e. The lowest BCUT2D eigenvalue weighted by molar-refractivity contribution is -0.137. The number of ether oxygens (including phenoxy) is 1. The third-order valence-corrected chi connectivity index (χ3v) is 7.64. The minimum atomic E-state index is -4.47. The maximum atomic E-state index is 13.1. The van der Waals surface area contributed by atoms with Gasteiger partial charge in [-0.3, -0.25) is 0 Å². The number of benzene rings is 1. The minimum Gasteiger partial charge on any atom is -0.435 e. The van der Waals surface area contributed by atoms with E-state index in [1.165, 1.54) is 22.5 Å². The number of sulfonamides is 1. The average molecular weight is 489 g/mol. The highest BCUT2D eigenvalue weighted by Crippen LogP contribution is 2.33. The predicted molar refractivity (Wildman–Crippen MR) is 111 cm³/mol. The van der Waals surface area contributed by atoms with Crippen molar-refractivity contribution < 1.29 is 35.1 Å². The summed E-state index contributed by atoms with van der Waals surface area (Å²) in [5.41, 5.74) is 0.518. The quantitative estimate of drug-likeness (QED) is 0.591. The van der Waals surface area contributed by atoms with Crippen molar-refractivity contribution in [1.82, 2.24) is 9.29 Å². The second-order valence-corrected chi connectivity index (χ2v) is 9.63. The van der Waals surface area contributed by atoms with Gasteiger partial charge in [0.05, 0.1) is 10.5 Å². The van der Waals surface area contributed by atoms with E-state index < -0.39 is 28.4 Å². The Morgan fingerprint density at radius 1 is 1.00 bits per heavy atom. The number of anilines is 1. The van der Waals surface area contributed by atoms with Crippen LogP contribution in [0.1, 0.15) is 23.1 Å². The Morgan fingerprint density at radius 3 is 2.33 bits per heavy atom. The first kappa shape index (κ1) is 23.4. The molecule has 1 aliphatic heterocycles. The van der Waals surface area contributed by atoms with E-state index in [0.717, 1.165) is 17.8 Å². The van der Waals surface area contributed by atoms with Gasteiger partial charge in [0.15, 0.2) is 0 Å². The standard InChI is InChI=1S/C21H20F5N3O3S/c22-20(23)32-17-4-1-15-12-18(5-2-14(15)11-17)33(30,31)29-9-7-28(8-10-29)19-6-3-16(13-27-19)21(24,25)26/h1,3-4,6,11-13,20H,2,5,7-10H2. The molecule has 1 saturated heterocycles. The number of hydrogen-bond donors (Lipinski definition) is 0. The van der Waals surface area contributed by atoms with Crippen LogP contribution in [-0.2, 0) is 22.6 Å². The smallest absolute Gasteiger partial charge is 0.417 e. The summed E-state index contributed by atoms with van der Waals surface area (Å²) in [5.74, 6) is 0.379. The molecule has 0 amide bonds. The molecule has 0 atom stereocenters. The van der Waals surface area contributed by atoms with Crippen LogP contribution >= 0.6 is 0 Å². The number of piperazine rings is 1. The zero-order chi connectivity index (χ0) is 23.8. The highest BCUT2D eigenvalue weighted by molar-refractivity contribution is 7.93. The number of hydrogen-bond acceptors (Lipinski definition) is 5. The van der Waals surface area contributed by atoms with Crippen LogP contribution in [0.15, 0.2) is 41.4 Å². The van der Waals surface area contributed by atoms with Gasteiger partial charge in [0.2, 0.25) is 10.0 Å². The van der Waals surface area contributed by atoms with E-state index in [1.807, 2.05) is 0 Å². The van der Waals surface area contributed by atoms with Gasteiger partial charge < -0.3 is 9.64 Å². The number of pyridine rings is 1. The maximum absolute atomic E-state index is 13.1. The number of allylic oxidation sites excluding steroid dienone is 1. The number of halogens is 5. The first-order chi connectivity index (χ1) is 15.5. The third-order valence-electron chi connectivity index (χ3n) is 5.61. The Bertz CT molecular complexity index is 1140. The molecule has 0 N–H and O–H groups in total. The van der Waals surface area contributed by atoms with Crippen molar-refractivity contribution in [3.63, 3.8) is 0 Å². The number of aryl methyl sites for hydroxylation is 1. The summed E-state index contributed by atoms with van der Waals surface area (Å²) in [5, 5.41) is 0. The Hall–Kier alpha value is -2.73. The SMILES string of the molecule is O=S(=O)(C1=Cc2ccc(OC(F)F)cc2CC1)N1CCN(c2ccc(C(F)(F)F)cn2)CC1.